The van der Waals surface area contributed by atoms with Gasteiger partial charge < -0.3 is 14.8 Å². The second-order valence-corrected chi connectivity index (χ2v) is 9.26. The summed E-state index contributed by atoms with van der Waals surface area (Å²) < 4.78 is 10.7. The summed E-state index contributed by atoms with van der Waals surface area (Å²) in [5.41, 5.74) is 4.82. The number of anilines is 1. The molecule has 2 aromatic carbocycles. The molecular formula is C28H35N3O4. The van der Waals surface area contributed by atoms with Crippen molar-refractivity contribution in [2.24, 2.45) is 11.0 Å². The number of rotatable bonds is 9. The molecule has 0 bridgehead atoms. The van der Waals surface area contributed by atoms with E-state index < -0.39 is 0 Å². The molecule has 2 aromatic rings. The molecule has 4 rings (SSSR count). The van der Waals surface area contributed by atoms with E-state index in [1.165, 1.54) is 11.1 Å². The van der Waals surface area contributed by atoms with Crippen LogP contribution in [0.15, 0.2) is 47.6 Å². The fraction of sp³-hybridized carbons (Fsp3) is 0.464. The second-order valence-electron chi connectivity index (χ2n) is 9.26. The van der Waals surface area contributed by atoms with Gasteiger partial charge in [0.05, 0.1) is 39.1 Å². The summed E-state index contributed by atoms with van der Waals surface area (Å²) >= 11 is 0. The Kier molecular flexibility index (Phi) is 8.90. The molecular weight excluding hydrogens is 442 g/mol. The van der Waals surface area contributed by atoms with Crippen molar-refractivity contribution < 1.29 is 19.1 Å². The zero-order chi connectivity index (χ0) is 24.5. The van der Waals surface area contributed by atoms with Crippen molar-refractivity contribution in [2.45, 2.75) is 45.4 Å². The number of ether oxygens (including phenoxy) is 2. The standard InChI is InChI=1S/C28H35N3O4/c1-2-3-14-35-27(32)18-22-6-7-23-10-11-26(19-25(23)17-22)30-28(33)24-8-4-21(5-9-24)20-29-31-12-15-34-16-13-31/h4-5,8-11,19-20,22H,2-3,6-7,12-18H2,1H3,(H,30,33). The van der Waals surface area contributed by atoms with Crippen LogP contribution < -0.4 is 5.32 Å². The van der Waals surface area contributed by atoms with Gasteiger partial charge in [-0.1, -0.05) is 31.5 Å². The maximum absolute atomic E-state index is 12.8. The van der Waals surface area contributed by atoms with Crippen LogP contribution in [-0.4, -0.2) is 56.0 Å². The number of hydrogen-bond donors (Lipinski definition) is 1. The summed E-state index contributed by atoms with van der Waals surface area (Å²) in [5.74, 6) is 0.0394. The minimum Gasteiger partial charge on any atom is -0.466 e. The highest BCUT2D eigenvalue weighted by Gasteiger charge is 2.22. The normalized spacial score (nSPS) is 17.7. The first-order valence-electron chi connectivity index (χ1n) is 12.7. The number of benzene rings is 2. The first-order chi connectivity index (χ1) is 17.1. The monoisotopic (exact) mass is 477 g/mol. The zero-order valence-corrected chi connectivity index (χ0v) is 20.5. The van der Waals surface area contributed by atoms with Crippen LogP contribution >= 0.6 is 0 Å². The third kappa shape index (κ3) is 7.39. The van der Waals surface area contributed by atoms with Crippen LogP contribution in [-0.2, 0) is 27.1 Å². The van der Waals surface area contributed by atoms with Gasteiger partial charge in [-0.15, -0.1) is 0 Å². The van der Waals surface area contributed by atoms with E-state index in [-0.39, 0.29) is 17.8 Å². The number of hydrazone groups is 1. The molecule has 0 radical (unpaired) electrons. The molecule has 186 valence electrons. The molecule has 1 unspecified atom stereocenters. The van der Waals surface area contributed by atoms with E-state index >= 15 is 0 Å². The van der Waals surface area contributed by atoms with Crippen molar-refractivity contribution in [1.82, 2.24) is 5.01 Å². The number of fused-ring (bicyclic) bond motifs is 1. The average molecular weight is 478 g/mol. The molecule has 0 spiro atoms. The van der Waals surface area contributed by atoms with Crippen molar-refractivity contribution in [3.63, 3.8) is 0 Å². The van der Waals surface area contributed by atoms with Crippen molar-refractivity contribution >= 4 is 23.8 Å². The van der Waals surface area contributed by atoms with Crippen LogP contribution in [0.4, 0.5) is 5.69 Å². The lowest BCUT2D eigenvalue weighted by molar-refractivity contribution is -0.145. The van der Waals surface area contributed by atoms with Gasteiger partial charge in [-0.05, 0) is 72.6 Å². The predicted molar refractivity (Wildman–Crippen MR) is 137 cm³/mol. The molecule has 1 atom stereocenters. The second kappa shape index (κ2) is 12.5. The number of nitrogens with zero attached hydrogens (tertiary/aromatic N) is 2. The maximum Gasteiger partial charge on any atom is 0.306 e. The van der Waals surface area contributed by atoms with Gasteiger partial charge in [-0.25, -0.2) is 0 Å². The van der Waals surface area contributed by atoms with Crippen LogP contribution in [0, 0.1) is 5.92 Å². The van der Waals surface area contributed by atoms with Crippen molar-refractivity contribution in [3.8, 4) is 0 Å². The van der Waals surface area contributed by atoms with E-state index in [1.54, 1.807) is 0 Å². The summed E-state index contributed by atoms with van der Waals surface area (Å²) in [4.78, 5) is 24.9. The fourth-order valence-electron chi connectivity index (χ4n) is 4.45. The summed E-state index contributed by atoms with van der Waals surface area (Å²) in [6.45, 7) is 5.58. The predicted octanol–water partition coefficient (Wildman–Crippen LogP) is 4.44. The van der Waals surface area contributed by atoms with Gasteiger partial charge in [-0.3, -0.25) is 14.6 Å². The average Bonchev–Trinajstić information content (AvgIpc) is 2.88. The van der Waals surface area contributed by atoms with E-state index in [9.17, 15) is 9.59 Å². The molecule has 2 aliphatic rings. The summed E-state index contributed by atoms with van der Waals surface area (Å²) in [7, 11) is 0. The van der Waals surface area contributed by atoms with Gasteiger partial charge in [-0.2, -0.15) is 5.10 Å². The van der Waals surface area contributed by atoms with Gasteiger partial charge in [0.15, 0.2) is 0 Å². The molecule has 1 N–H and O–H groups in total. The third-order valence-corrected chi connectivity index (χ3v) is 6.54. The molecule has 1 heterocycles. The number of morpholine rings is 1. The maximum atomic E-state index is 12.8. The van der Waals surface area contributed by atoms with E-state index in [4.69, 9.17) is 9.47 Å². The van der Waals surface area contributed by atoms with Crippen LogP contribution in [0.2, 0.25) is 0 Å². The van der Waals surface area contributed by atoms with E-state index in [2.05, 4.69) is 23.4 Å². The fourth-order valence-corrected chi connectivity index (χ4v) is 4.45. The largest absolute Gasteiger partial charge is 0.466 e. The number of unbranched alkanes of at least 4 members (excludes halogenated alkanes) is 1. The number of amides is 1. The lowest BCUT2D eigenvalue weighted by atomic mass is 9.82. The van der Waals surface area contributed by atoms with Crippen molar-refractivity contribution in [2.75, 3.05) is 38.2 Å². The molecule has 1 aliphatic heterocycles. The van der Waals surface area contributed by atoms with E-state index in [1.807, 2.05) is 47.6 Å². The van der Waals surface area contributed by atoms with Gasteiger partial charge in [0.25, 0.3) is 5.91 Å². The zero-order valence-electron chi connectivity index (χ0n) is 20.5. The number of aryl methyl sites for hydroxylation is 1. The van der Waals surface area contributed by atoms with Gasteiger partial charge in [0, 0.05) is 17.7 Å². The number of esters is 1. The number of nitrogens with one attached hydrogen (secondary N) is 1. The Morgan fingerprint density at radius 1 is 1.14 bits per heavy atom. The van der Waals surface area contributed by atoms with Crippen LogP contribution in [0.25, 0.3) is 0 Å². The van der Waals surface area contributed by atoms with Crippen molar-refractivity contribution in [1.29, 1.82) is 0 Å². The molecule has 1 amide bonds. The third-order valence-electron chi connectivity index (χ3n) is 6.54. The molecule has 1 saturated heterocycles. The molecule has 1 fully saturated rings. The quantitative estimate of drug-likeness (QED) is 0.328. The number of carbonyl (C=O) groups is 2. The van der Waals surface area contributed by atoms with Crippen LogP contribution in [0.5, 0.6) is 0 Å². The molecule has 0 saturated carbocycles. The lowest BCUT2D eigenvalue weighted by Crippen LogP contribution is -2.32. The van der Waals surface area contributed by atoms with Crippen LogP contribution in [0.1, 0.15) is 59.7 Å². The highest BCUT2D eigenvalue weighted by molar-refractivity contribution is 6.04. The highest BCUT2D eigenvalue weighted by atomic mass is 16.5. The van der Waals surface area contributed by atoms with Crippen molar-refractivity contribution in [3.05, 3.63) is 64.7 Å². The first kappa shape index (κ1) is 24.9. The van der Waals surface area contributed by atoms with Gasteiger partial charge in [0.2, 0.25) is 0 Å². The Hall–Kier alpha value is -3.19. The topological polar surface area (TPSA) is 80.2 Å². The minimum absolute atomic E-state index is 0.102. The number of carbonyl (C=O) groups excluding carboxylic acids is 2. The Morgan fingerprint density at radius 3 is 2.71 bits per heavy atom. The van der Waals surface area contributed by atoms with E-state index in [0.717, 1.165) is 56.4 Å². The molecule has 7 heteroatoms. The van der Waals surface area contributed by atoms with E-state index in [0.29, 0.717) is 31.8 Å². The summed E-state index contributed by atoms with van der Waals surface area (Å²) in [5, 5.41) is 9.48. The van der Waals surface area contributed by atoms with Crippen LogP contribution in [0.3, 0.4) is 0 Å². The minimum atomic E-state index is -0.145. The summed E-state index contributed by atoms with van der Waals surface area (Å²) in [6, 6.07) is 13.5. The smallest absolute Gasteiger partial charge is 0.306 e. The molecule has 1 aliphatic carbocycles. The van der Waals surface area contributed by atoms with Gasteiger partial charge >= 0.3 is 5.97 Å². The Balaban J connectivity index is 1.31. The Morgan fingerprint density at radius 2 is 1.94 bits per heavy atom. The number of hydrogen-bond acceptors (Lipinski definition) is 6. The summed E-state index contributed by atoms with van der Waals surface area (Å²) in [6.07, 6.45) is 6.97. The lowest BCUT2D eigenvalue weighted by Gasteiger charge is -2.24. The Bertz CT molecular complexity index is 1030. The first-order valence-corrected chi connectivity index (χ1v) is 12.7. The Labute approximate surface area is 207 Å². The highest BCUT2D eigenvalue weighted by Crippen LogP contribution is 2.30. The SMILES string of the molecule is CCCCOC(=O)CC1CCc2ccc(NC(=O)c3ccc(C=NN4CCOCC4)cc3)cc2C1. The molecule has 0 aromatic heterocycles. The molecule has 7 nitrogen and oxygen atoms in total. The molecule has 35 heavy (non-hydrogen) atoms. The van der Waals surface area contributed by atoms with Gasteiger partial charge in [0.1, 0.15) is 0 Å².